The van der Waals surface area contributed by atoms with E-state index in [2.05, 4.69) is 5.32 Å². The van der Waals surface area contributed by atoms with Gasteiger partial charge >= 0.3 is 0 Å². The lowest BCUT2D eigenvalue weighted by atomic mass is 10.2. The molecule has 1 unspecified atom stereocenters. The zero-order chi connectivity index (χ0) is 16.2. The molecule has 2 heterocycles. The van der Waals surface area contributed by atoms with Gasteiger partial charge in [-0.2, -0.15) is 0 Å². The predicted molar refractivity (Wildman–Crippen MR) is 90.1 cm³/mol. The van der Waals surface area contributed by atoms with Crippen LogP contribution in [-0.4, -0.2) is 37.0 Å². The molecule has 5 nitrogen and oxygen atoms in total. The van der Waals surface area contributed by atoms with E-state index < -0.39 is 0 Å². The molecule has 1 fully saturated rings. The van der Waals surface area contributed by atoms with Crippen molar-refractivity contribution in [2.24, 2.45) is 0 Å². The highest BCUT2D eigenvalue weighted by atomic mass is 35.5. The third-order valence-corrected chi connectivity index (χ3v) is 3.97. The summed E-state index contributed by atoms with van der Waals surface area (Å²) in [6.07, 6.45) is 0.948. The van der Waals surface area contributed by atoms with E-state index in [0.717, 1.165) is 19.5 Å². The molecule has 130 valence electrons. The zero-order valence-electron chi connectivity index (χ0n) is 13.3. The molecule has 1 amide bonds. The monoisotopic (exact) mass is 354 g/mol. The fraction of sp³-hybridized carbons (Fsp3) is 0.353. The molecule has 7 heteroatoms. The number of carbonyl (C=O) groups is 1. The minimum Gasteiger partial charge on any atom is -0.486 e. The van der Waals surface area contributed by atoms with Gasteiger partial charge in [-0.1, -0.05) is 0 Å². The van der Waals surface area contributed by atoms with E-state index in [-0.39, 0.29) is 36.8 Å². The zero-order valence-corrected chi connectivity index (χ0v) is 14.1. The Morgan fingerprint density at radius 1 is 1.33 bits per heavy atom. The summed E-state index contributed by atoms with van der Waals surface area (Å²) in [6.45, 7) is 1.92. The van der Waals surface area contributed by atoms with Gasteiger partial charge in [0, 0.05) is 19.6 Å². The summed E-state index contributed by atoms with van der Waals surface area (Å²) in [5, 5.41) is 3.24. The minimum atomic E-state index is -0.312. The number of halogens is 2. The maximum Gasteiger partial charge on any atom is 0.289 e. The Labute approximate surface area is 146 Å². The van der Waals surface area contributed by atoms with Crippen molar-refractivity contribution in [1.29, 1.82) is 0 Å². The molecular formula is C17H20ClFN2O3. The molecule has 1 aromatic carbocycles. The normalized spacial score (nSPS) is 16.5. The van der Waals surface area contributed by atoms with Gasteiger partial charge in [0.05, 0.1) is 0 Å². The van der Waals surface area contributed by atoms with Crippen molar-refractivity contribution >= 4 is 18.3 Å². The number of benzene rings is 1. The molecule has 0 aliphatic carbocycles. The number of hydrogen-bond acceptors (Lipinski definition) is 4. The number of carbonyl (C=O) groups excluding carboxylic acids is 1. The van der Waals surface area contributed by atoms with Crippen LogP contribution in [0.1, 0.15) is 22.7 Å². The Morgan fingerprint density at radius 2 is 2.08 bits per heavy atom. The van der Waals surface area contributed by atoms with E-state index in [9.17, 15) is 9.18 Å². The number of hydrogen-bond donors (Lipinski definition) is 1. The van der Waals surface area contributed by atoms with Crippen molar-refractivity contribution < 1.29 is 18.3 Å². The van der Waals surface area contributed by atoms with Gasteiger partial charge in [0.15, 0.2) is 5.76 Å². The molecule has 0 saturated carbocycles. The lowest BCUT2D eigenvalue weighted by Crippen LogP contribution is -2.38. The number of nitrogens with zero attached hydrogens (tertiary/aromatic N) is 1. The first kappa shape index (κ1) is 18.3. The van der Waals surface area contributed by atoms with Crippen molar-refractivity contribution in [1.82, 2.24) is 10.2 Å². The number of nitrogens with one attached hydrogen (secondary N) is 1. The first-order valence-corrected chi connectivity index (χ1v) is 7.58. The van der Waals surface area contributed by atoms with Gasteiger partial charge in [-0.3, -0.25) is 4.79 Å². The van der Waals surface area contributed by atoms with E-state index in [1.165, 1.54) is 12.1 Å². The van der Waals surface area contributed by atoms with Gasteiger partial charge in [0.2, 0.25) is 0 Å². The van der Waals surface area contributed by atoms with E-state index in [4.69, 9.17) is 9.15 Å². The number of amides is 1. The molecule has 1 aromatic heterocycles. The Bertz CT molecular complexity index is 669. The highest BCUT2D eigenvalue weighted by molar-refractivity contribution is 5.91. The summed E-state index contributed by atoms with van der Waals surface area (Å²) in [5.41, 5.74) is 0. The number of likely N-dealkylation sites (N-methyl/N-ethyl adjacent to an activating group) is 1. The lowest BCUT2D eigenvalue weighted by Gasteiger charge is -2.22. The summed E-state index contributed by atoms with van der Waals surface area (Å²) in [5.74, 6) is 0.956. The van der Waals surface area contributed by atoms with Gasteiger partial charge in [-0.15, -0.1) is 12.4 Å². The van der Waals surface area contributed by atoms with Crippen LogP contribution in [0, 0.1) is 5.82 Å². The van der Waals surface area contributed by atoms with Crippen LogP contribution in [-0.2, 0) is 6.61 Å². The van der Waals surface area contributed by atoms with Crippen LogP contribution in [0.4, 0.5) is 4.39 Å². The van der Waals surface area contributed by atoms with Gasteiger partial charge in [0.1, 0.15) is 23.9 Å². The van der Waals surface area contributed by atoms with Gasteiger partial charge in [-0.25, -0.2) is 4.39 Å². The molecule has 0 spiro atoms. The molecular weight excluding hydrogens is 335 g/mol. The number of furan rings is 1. The van der Waals surface area contributed by atoms with Crippen LogP contribution >= 0.6 is 12.4 Å². The largest absolute Gasteiger partial charge is 0.486 e. The van der Waals surface area contributed by atoms with Crippen molar-refractivity contribution in [3.63, 3.8) is 0 Å². The average Bonchev–Trinajstić information content (AvgIpc) is 3.24. The standard InChI is InChI=1S/C17H19FN2O3.ClH/c1-20(13-8-9-19-10-13)17(21)16-7-6-15(23-16)11-22-14-4-2-12(18)3-5-14;/h2-7,13,19H,8-11H2,1H3;1H. The minimum absolute atomic E-state index is 0. The summed E-state index contributed by atoms with van der Waals surface area (Å²) < 4.78 is 23.9. The number of ether oxygens (including phenoxy) is 1. The van der Waals surface area contributed by atoms with Crippen LogP contribution in [0.2, 0.25) is 0 Å². The quantitative estimate of drug-likeness (QED) is 0.897. The summed E-state index contributed by atoms with van der Waals surface area (Å²) in [6, 6.07) is 9.33. The highest BCUT2D eigenvalue weighted by Crippen LogP contribution is 2.17. The van der Waals surface area contributed by atoms with Gasteiger partial charge in [-0.05, 0) is 49.4 Å². The second kappa shape index (κ2) is 8.17. The van der Waals surface area contributed by atoms with Gasteiger partial charge in [0.25, 0.3) is 5.91 Å². The van der Waals surface area contributed by atoms with E-state index in [0.29, 0.717) is 17.3 Å². The van der Waals surface area contributed by atoms with Crippen molar-refractivity contribution in [3.8, 4) is 5.75 Å². The molecule has 0 bridgehead atoms. The van der Waals surface area contributed by atoms with Crippen LogP contribution in [0.3, 0.4) is 0 Å². The third kappa shape index (κ3) is 4.27. The molecule has 1 atom stereocenters. The molecule has 0 radical (unpaired) electrons. The van der Waals surface area contributed by atoms with Crippen LogP contribution in [0.25, 0.3) is 0 Å². The molecule has 24 heavy (non-hydrogen) atoms. The smallest absolute Gasteiger partial charge is 0.289 e. The van der Waals surface area contributed by atoms with Crippen molar-refractivity contribution in [2.45, 2.75) is 19.1 Å². The Balaban J connectivity index is 0.00000208. The Hall–Kier alpha value is -2.05. The molecule has 2 aromatic rings. The maximum atomic E-state index is 12.8. The summed E-state index contributed by atoms with van der Waals surface area (Å²) >= 11 is 0. The van der Waals surface area contributed by atoms with Crippen LogP contribution < -0.4 is 10.1 Å². The molecule has 1 N–H and O–H groups in total. The highest BCUT2D eigenvalue weighted by Gasteiger charge is 2.25. The Morgan fingerprint density at radius 3 is 2.75 bits per heavy atom. The second-order valence-electron chi connectivity index (χ2n) is 5.57. The van der Waals surface area contributed by atoms with Crippen LogP contribution in [0.5, 0.6) is 5.75 Å². The van der Waals surface area contributed by atoms with E-state index in [1.807, 2.05) is 0 Å². The molecule has 3 rings (SSSR count). The summed E-state index contributed by atoms with van der Waals surface area (Å²) in [4.78, 5) is 14.1. The SMILES string of the molecule is CN(C(=O)c1ccc(COc2ccc(F)cc2)o1)C1CCNC1.Cl. The first-order valence-electron chi connectivity index (χ1n) is 7.58. The lowest BCUT2D eigenvalue weighted by molar-refractivity contribution is 0.0707. The van der Waals surface area contributed by atoms with Gasteiger partial charge < -0.3 is 19.4 Å². The topological polar surface area (TPSA) is 54.7 Å². The predicted octanol–water partition coefficient (Wildman–Crippen LogP) is 2.85. The van der Waals surface area contributed by atoms with E-state index >= 15 is 0 Å². The molecule has 1 saturated heterocycles. The average molecular weight is 355 g/mol. The second-order valence-corrected chi connectivity index (χ2v) is 5.57. The van der Waals surface area contributed by atoms with Crippen molar-refractivity contribution in [3.05, 3.63) is 53.7 Å². The Kier molecular flexibility index (Phi) is 6.23. The van der Waals surface area contributed by atoms with Crippen molar-refractivity contribution in [2.75, 3.05) is 20.1 Å². The fourth-order valence-corrected chi connectivity index (χ4v) is 2.57. The van der Waals surface area contributed by atoms with E-state index in [1.54, 1.807) is 36.2 Å². The molecule has 1 aliphatic heterocycles. The number of rotatable bonds is 5. The van der Waals surface area contributed by atoms with Crippen LogP contribution in [0.15, 0.2) is 40.8 Å². The maximum absolute atomic E-state index is 12.8. The summed E-state index contributed by atoms with van der Waals surface area (Å²) in [7, 11) is 1.79. The third-order valence-electron chi connectivity index (χ3n) is 3.97. The molecule has 1 aliphatic rings. The fourth-order valence-electron chi connectivity index (χ4n) is 2.57. The first-order chi connectivity index (χ1) is 11.1.